The Balaban J connectivity index is 1.18. The minimum atomic E-state index is -1.11. The van der Waals surface area contributed by atoms with Gasteiger partial charge >= 0.3 is 5.97 Å². The van der Waals surface area contributed by atoms with E-state index in [2.05, 4.69) is 6.92 Å². The van der Waals surface area contributed by atoms with Crippen LogP contribution in [0.25, 0.3) is 0 Å². The molecule has 9 nitrogen and oxygen atoms in total. The third-order valence-electron chi connectivity index (χ3n) is 12.1. The summed E-state index contributed by atoms with van der Waals surface area (Å²) in [6.45, 7) is 4.25. The largest absolute Gasteiger partial charge is 0.458 e. The maximum Gasteiger partial charge on any atom is 0.331 e. The van der Waals surface area contributed by atoms with Crippen LogP contribution in [0.15, 0.2) is 11.6 Å². The molecule has 0 aromatic carbocycles. The number of fused-ring (bicyclic) bond motifs is 5. The molecule has 4 aliphatic carbocycles. The van der Waals surface area contributed by atoms with Crippen molar-refractivity contribution < 1.29 is 43.9 Å². The number of hydrogen-bond acceptors (Lipinski definition) is 9. The Morgan fingerprint density at radius 3 is 2.54 bits per heavy atom. The number of aldehydes is 1. The van der Waals surface area contributed by atoms with E-state index in [9.17, 15) is 24.9 Å². The first-order chi connectivity index (χ1) is 18.6. The van der Waals surface area contributed by atoms with Gasteiger partial charge in [-0.2, -0.15) is 0 Å². The molecular weight excluding hydrogens is 504 g/mol. The highest BCUT2D eigenvalue weighted by Crippen LogP contribution is 2.69. The van der Waals surface area contributed by atoms with Crippen molar-refractivity contribution in [1.29, 1.82) is 0 Å². The van der Waals surface area contributed by atoms with Gasteiger partial charge in [-0.1, -0.05) is 6.92 Å². The smallest absolute Gasteiger partial charge is 0.331 e. The fourth-order valence-electron chi connectivity index (χ4n) is 10.00. The lowest BCUT2D eigenvalue weighted by Gasteiger charge is -2.63. The molecule has 2 aliphatic heterocycles. The highest BCUT2D eigenvalue weighted by molar-refractivity contribution is 5.85. The van der Waals surface area contributed by atoms with E-state index in [0.717, 1.165) is 37.7 Å². The molecule has 0 spiro atoms. The van der Waals surface area contributed by atoms with Crippen LogP contribution in [0, 0.1) is 34.5 Å². The molecule has 9 heteroatoms. The second kappa shape index (κ2) is 9.88. The fraction of sp³-hybridized carbons (Fsp3) is 0.867. The first-order valence-corrected chi connectivity index (χ1v) is 14.8. The van der Waals surface area contributed by atoms with Crippen LogP contribution in [-0.4, -0.2) is 83.7 Å². The first kappa shape index (κ1) is 27.8. The summed E-state index contributed by atoms with van der Waals surface area (Å²) in [5.41, 5.74) is -0.682. The highest BCUT2D eigenvalue weighted by Gasteiger charge is 2.68. The van der Waals surface area contributed by atoms with Gasteiger partial charge in [-0.3, -0.25) is 0 Å². The molecule has 0 bridgehead atoms. The van der Waals surface area contributed by atoms with E-state index in [1.54, 1.807) is 13.0 Å². The summed E-state index contributed by atoms with van der Waals surface area (Å²) in [7, 11) is 1.46. The SMILES string of the molecule is COC1C(O)[C@H](O[C@H]2CC[C@]3(C=O)C4CC[C@]5(C)[C@@H](C6=CC(=O)OC6)CC[C@]5(O)C4CC[C@H]3C2)OC(C)[C@@H]1O. The molecule has 218 valence electrons. The summed E-state index contributed by atoms with van der Waals surface area (Å²) in [5, 5.41) is 33.4. The van der Waals surface area contributed by atoms with Crippen molar-refractivity contribution in [2.75, 3.05) is 13.7 Å². The molecule has 0 radical (unpaired) electrons. The lowest BCUT2D eigenvalue weighted by molar-refractivity contribution is -0.312. The molecular formula is C30H44O9. The maximum atomic E-state index is 13.0. The number of ether oxygens (including phenoxy) is 4. The lowest BCUT2D eigenvalue weighted by Crippen LogP contribution is -2.63. The minimum Gasteiger partial charge on any atom is -0.458 e. The predicted molar refractivity (Wildman–Crippen MR) is 138 cm³/mol. The Hall–Kier alpha value is -1.36. The average molecular weight is 549 g/mol. The molecule has 39 heavy (non-hydrogen) atoms. The number of aliphatic hydroxyl groups excluding tert-OH is 2. The molecule has 5 fully saturated rings. The van der Waals surface area contributed by atoms with Gasteiger partial charge in [0.1, 0.15) is 31.2 Å². The summed E-state index contributed by atoms with van der Waals surface area (Å²) >= 11 is 0. The number of esters is 1. The Labute approximate surface area is 230 Å². The van der Waals surface area contributed by atoms with E-state index in [4.69, 9.17) is 18.9 Å². The Bertz CT molecular complexity index is 1010. The molecule has 1 saturated heterocycles. The zero-order valence-corrected chi connectivity index (χ0v) is 23.3. The van der Waals surface area contributed by atoms with E-state index in [0.29, 0.717) is 32.3 Å². The van der Waals surface area contributed by atoms with Gasteiger partial charge in [-0.05, 0) is 94.0 Å². The third-order valence-corrected chi connectivity index (χ3v) is 12.1. The van der Waals surface area contributed by atoms with Crippen LogP contribution in [0.1, 0.15) is 71.6 Å². The van der Waals surface area contributed by atoms with Crippen LogP contribution >= 0.6 is 0 Å². The second-order valence-corrected chi connectivity index (χ2v) is 13.4. The Kier molecular flexibility index (Phi) is 7.04. The molecule has 5 unspecified atom stereocenters. The molecule has 0 aromatic heterocycles. The van der Waals surface area contributed by atoms with E-state index in [1.165, 1.54) is 13.4 Å². The van der Waals surface area contributed by atoms with Gasteiger partial charge in [0.05, 0.1) is 17.8 Å². The number of carbonyl (C=O) groups is 2. The van der Waals surface area contributed by atoms with E-state index < -0.39 is 41.7 Å². The van der Waals surface area contributed by atoms with Gasteiger partial charge < -0.3 is 39.1 Å². The highest BCUT2D eigenvalue weighted by atomic mass is 16.7. The molecule has 4 saturated carbocycles. The topological polar surface area (TPSA) is 132 Å². The van der Waals surface area contributed by atoms with E-state index in [-0.39, 0.29) is 41.2 Å². The monoisotopic (exact) mass is 548 g/mol. The minimum absolute atomic E-state index is 0.0482. The normalized spacial score (nSPS) is 53.3. The number of aliphatic hydroxyl groups is 3. The van der Waals surface area contributed by atoms with Crippen molar-refractivity contribution in [2.24, 2.45) is 34.5 Å². The summed E-state index contributed by atoms with van der Waals surface area (Å²) in [6.07, 6.45) is 5.39. The average Bonchev–Trinajstić information content (AvgIpc) is 3.47. The van der Waals surface area contributed by atoms with Crippen molar-refractivity contribution >= 4 is 12.3 Å². The maximum absolute atomic E-state index is 13.0. The third kappa shape index (κ3) is 4.02. The van der Waals surface area contributed by atoms with Gasteiger partial charge in [0, 0.05) is 24.0 Å². The zero-order chi connectivity index (χ0) is 27.7. The zero-order valence-electron chi connectivity index (χ0n) is 23.3. The molecule has 2 heterocycles. The molecule has 0 amide bonds. The quantitative estimate of drug-likeness (QED) is 0.269. The summed E-state index contributed by atoms with van der Waals surface area (Å²) in [4.78, 5) is 24.8. The number of hydrogen-bond donors (Lipinski definition) is 3. The lowest BCUT2D eigenvalue weighted by atomic mass is 9.43. The van der Waals surface area contributed by atoms with Crippen molar-refractivity contribution in [1.82, 2.24) is 0 Å². The molecule has 6 rings (SSSR count). The predicted octanol–water partition coefficient (Wildman–Crippen LogP) is 2.29. The van der Waals surface area contributed by atoms with Crippen LogP contribution in [0.2, 0.25) is 0 Å². The standard InChI is InChI=1S/C30H44O9/c1-16-24(33)26(36-3)25(34)27(38-16)39-19-6-10-29(15-31)18(13-19)4-5-22-21(29)7-9-28(2)20(8-11-30(22,28)35)17-12-23(32)37-14-17/h12,15-16,18-22,24-27,33-35H,4-11,13-14H2,1-3H3/t16?,18-,19-,20+,21?,22?,24-,25?,26?,27-,28+,29+,30-/m0/s1. The van der Waals surface area contributed by atoms with Gasteiger partial charge in [-0.25, -0.2) is 4.79 Å². The number of cyclic esters (lactones) is 1. The first-order valence-electron chi connectivity index (χ1n) is 14.8. The Morgan fingerprint density at radius 1 is 1.05 bits per heavy atom. The van der Waals surface area contributed by atoms with Crippen LogP contribution in [0.5, 0.6) is 0 Å². The number of methoxy groups -OCH3 is 1. The fourth-order valence-corrected chi connectivity index (χ4v) is 10.00. The Morgan fingerprint density at radius 2 is 1.85 bits per heavy atom. The molecule has 6 aliphatic rings. The van der Waals surface area contributed by atoms with Gasteiger partial charge in [0.25, 0.3) is 0 Å². The number of carbonyl (C=O) groups excluding carboxylic acids is 2. The number of rotatable bonds is 5. The van der Waals surface area contributed by atoms with Gasteiger partial charge in [-0.15, -0.1) is 0 Å². The van der Waals surface area contributed by atoms with Crippen molar-refractivity contribution in [3.63, 3.8) is 0 Å². The van der Waals surface area contributed by atoms with Crippen molar-refractivity contribution in [3.05, 3.63) is 11.6 Å². The van der Waals surface area contributed by atoms with Crippen LogP contribution < -0.4 is 0 Å². The summed E-state index contributed by atoms with van der Waals surface area (Å²) < 4.78 is 22.6. The van der Waals surface area contributed by atoms with Gasteiger partial charge in [0.15, 0.2) is 6.29 Å². The second-order valence-electron chi connectivity index (χ2n) is 13.4. The van der Waals surface area contributed by atoms with Crippen LogP contribution in [0.4, 0.5) is 0 Å². The van der Waals surface area contributed by atoms with E-state index in [1.807, 2.05) is 0 Å². The molecule has 13 atom stereocenters. The molecule has 0 aromatic rings. The summed E-state index contributed by atoms with van der Waals surface area (Å²) in [5.74, 6) is 0.152. The van der Waals surface area contributed by atoms with Gasteiger partial charge in [0.2, 0.25) is 0 Å². The van der Waals surface area contributed by atoms with Crippen LogP contribution in [0.3, 0.4) is 0 Å². The van der Waals surface area contributed by atoms with Crippen LogP contribution in [-0.2, 0) is 28.5 Å². The summed E-state index contributed by atoms with van der Waals surface area (Å²) in [6, 6.07) is 0. The van der Waals surface area contributed by atoms with Crippen molar-refractivity contribution in [2.45, 2.75) is 114 Å². The van der Waals surface area contributed by atoms with Crippen molar-refractivity contribution in [3.8, 4) is 0 Å². The molecule has 3 N–H and O–H groups in total. The van der Waals surface area contributed by atoms with E-state index >= 15 is 0 Å².